The van der Waals surface area contributed by atoms with Gasteiger partial charge in [-0.2, -0.15) is 13.2 Å². The van der Waals surface area contributed by atoms with Crippen LogP contribution in [0.2, 0.25) is 0 Å². The Bertz CT molecular complexity index is 1170. The van der Waals surface area contributed by atoms with Crippen LogP contribution in [0.3, 0.4) is 0 Å². The molecule has 218 valence electrons. The molecule has 2 saturated heterocycles. The number of hydrogen-bond acceptors (Lipinski definition) is 5. The van der Waals surface area contributed by atoms with E-state index in [1.165, 1.54) is 19.2 Å². The molecule has 2 aliphatic heterocycles. The van der Waals surface area contributed by atoms with Gasteiger partial charge >= 0.3 is 6.18 Å². The molecule has 1 atom stereocenters. The number of aliphatic hydroxyl groups is 1. The summed E-state index contributed by atoms with van der Waals surface area (Å²) in [7, 11) is 4.77. The van der Waals surface area contributed by atoms with Crippen molar-refractivity contribution in [1.82, 2.24) is 9.80 Å². The van der Waals surface area contributed by atoms with E-state index < -0.39 is 23.2 Å². The molecule has 2 aromatic rings. The van der Waals surface area contributed by atoms with Gasteiger partial charge in [-0.05, 0) is 80.3 Å². The highest BCUT2D eigenvalue weighted by Gasteiger charge is 2.62. The van der Waals surface area contributed by atoms with Crippen molar-refractivity contribution in [1.29, 1.82) is 0 Å². The first-order chi connectivity index (χ1) is 18.9. The van der Waals surface area contributed by atoms with E-state index in [1.54, 1.807) is 19.0 Å². The lowest BCUT2D eigenvalue weighted by molar-refractivity contribution is -0.262. The van der Waals surface area contributed by atoms with Crippen LogP contribution in [-0.4, -0.2) is 80.3 Å². The molecule has 7 nitrogen and oxygen atoms in total. The highest BCUT2D eigenvalue weighted by atomic mass is 19.4. The molecule has 2 amide bonds. The minimum atomic E-state index is -5.18. The van der Waals surface area contributed by atoms with Crippen molar-refractivity contribution in [3.63, 3.8) is 0 Å². The fourth-order valence-electron chi connectivity index (χ4n) is 5.83. The van der Waals surface area contributed by atoms with Crippen molar-refractivity contribution >= 4 is 17.5 Å². The fourth-order valence-corrected chi connectivity index (χ4v) is 5.83. The molecule has 40 heavy (non-hydrogen) atoms. The van der Waals surface area contributed by atoms with Crippen LogP contribution in [-0.2, 0) is 10.4 Å². The van der Waals surface area contributed by atoms with Gasteiger partial charge in [0.25, 0.3) is 17.4 Å². The van der Waals surface area contributed by atoms with Crippen LogP contribution in [0.1, 0.15) is 48.0 Å². The summed E-state index contributed by atoms with van der Waals surface area (Å²) >= 11 is 0. The largest absolute Gasteiger partial charge is 0.497 e. The summed E-state index contributed by atoms with van der Waals surface area (Å²) in [5, 5.41) is 10.8. The molecule has 2 fully saturated rings. The number of benzene rings is 2. The van der Waals surface area contributed by atoms with E-state index in [9.17, 15) is 27.9 Å². The molecule has 2 aromatic carbocycles. The second-order valence-electron chi connectivity index (χ2n) is 11.1. The molecule has 1 unspecified atom stereocenters. The van der Waals surface area contributed by atoms with Gasteiger partial charge in [-0.15, -0.1) is 0 Å². The summed E-state index contributed by atoms with van der Waals surface area (Å²) < 4.78 is 47.3. The number of anilines is 1. The van der Waals surface area contributed by atoms with Crippen LogP contribution in [0.25, 0.3) is 0 Å². The van der Waals surface area contributed by atoms with Gasteiger partial charge in [-0.3, -0.25) is 9.59 Å². The van der Waals surface area contributed by atoms with E-state index in [2.05, 4.69) is 4.90 Å². The normalized spacial score (nSPS) is 18.8. The Hall–Kier alpha value is -3.27. The van der Waals surface area contributed by atoms with Crippen molar-refractivity contribution in [3.05, 3.63) is 59.7 Å². The number of amides is 2. The first kappa shape index (κ1) is 29.7. The van der Waals surface area contributed by atoms with Crippen LogP contribution < -0.4 is 9.64 Å². The maximum absolute atomic E-state index is 14.1. The minimum absolute atomic E-state index is 0.0265. The number of nitrogens with zero attached hydrogens (tertiary/aromatic N) is 3. The number of piperidine rings is 2. The van der Waals surface area contributed by atoms with Gasteiger partial charge in [-0.1, -0.05) is 12.1 Å². The predicted octanol–water partition coefficient (Wildman–Crippen LogP) is 4.69. The summed E-state index contributed by atoms with van der Waals surface area (Å²) in [5.41, 5.74) is -2.42. The number of carbonyl (C=O) groups excluding carboxylic acids is 2. The van der Waals surface area contributed by atoms with Crippen LogP contribution in [0.4, 0.5) is 18.9 Å². The van der Waals surface area contributed by atoms with Crippen LogP contribution >= 0.6 is 0 Å². The Morgan fingerprint density at radius 1 is 0.950 bits per heavy atom. The number of likely N-dealkylation sites (tertiary alicyclic amines) is 1. The third-order valence-electron chi connectivity index (χ3n) is 8.28. The maximum Gasteiger partial charge on any atom is 0.430 e. The Kier molecular flexibility index (Phi) is 8.97. The van der Waals surface area contributed by atoms with Gasteiger partial charge < -0.3 is 24.5 Å². The summed E-state index contributed by atoms with van der Waals surface area (Å²) in [5.74, 6) is -0.386. The summed E-state index contributed by atoms with van der Waals surface area (Å²) in [6.07, 6.45) is -0.948. The molecular formula is C30H38F3N3O4. The average Bonchev–Trinajstić information content (AvgIpc) is 2.96. The van der Waals surface area contributed by atoms with E-state index >= 15 is 0 Å². The summed E-state index contributed by atoms with van der Waals surface area (Å²) in [6.45, 7) is 2.18. The van der Waals surface area contributed by atoms with E-state index in [0.29, 0.717) is 30.2 Å². The number of ether oxygens (including phenoxy) is 1. The zero-order chi connectivity index (χ0) is 29.1. The number of rotatable bonds is 7. The van der Waals surface area contributed by atoms with Gasteiger partial charge in [0, 0.05) is 57.1 Å². The first-order valence-electron chi connectivity index (χ1n) is 13.7. The lowest BCUT2D eigenvalue weighted by Gasteiger charge is -2.40. The third-order valence-corrected chi connectivity index (χ3v) is 8.28. The lowest BCUT2D eigenvalue weighted by atomic mass is 9.82. The third kappa shape index (κ3) is 6.22. The van der Waals surface area contributed by atoms with Gasteiger partial charge in [0.2, 0.25) is 0 Å². The van der Waals surface area contributed by atoms with Gasteiger partial charge in [-0.25, -0.2) is 0 Å². The van der Waals surface area contributed by atoms with Crippen LogP contribution in [0, 0.1) is 11.8 Å². The van der Waals surface area contributed by atoms with Crippen LogP contribution in [0.15, 0.2) is 48.5 Å². The van der Waals surface area contributed by atoms with Crippen molar-refractivity contribution in [2.24, 2.45) is 11.8 Å². The molecule has 2 heterocycles. The number of hydrogen-bond donors (Lipinski definition) is 1. The Morgan fingerprint density at radius 2 is 1.52 bits per heavy atom. The highest BCUT2D eigenvalue weighted by molar-refractivity contribution is 5.94. The topological polar surface area (TPSA) is 73.3 Å². The van der Waals surface area contributed by atoms with Gasteiger partial charge in [0.05, 0.1) is 7.11 Å². The van der Waals surface area contributed by atoms with E-state index in [1.807, 2.05) is 24.3 Å². The molecule has 1 N–H and O–H groups in total. The molecule has 0 bridgehead atoms. The van der Waals surface area contributed by atoms with Gasteiger partial charge in [0.15, 0.2) is 0 Å². The molecule has 0 aromatic heterocycles. The number of alkyl halides is 3. The van der Waals surface area contributed by atoms with Crippen molar-refractivity contribution in [3.8, 4) is 5.75 Å². The highest BCUT2D eigenvalue weighted by Crippen LogP contribution is 2.42. The molecular weight excluding hydrogens is 523 g/mol. The molecule has 0 aliphatic carbocycles. The quantitative estimate of drug-likeness (QED) is 0.531. The van der Waals surface area contributed by atoms with E-state index in [-0.39, 0.29) is 24.7 Å². The monoisotopic (exact) mass is 561 g/mol. The molecule has 2 aliphatic rings. The Labute approximate surface area is 233 Å². The number of methoxy groups -OCH3 is 1. The smallest absolute Gasteiger partial charge is 0.430 e. The molecule has 0 radical (unpaired) electrons. The maximum atomic E-state index is 14.1. The fraction of sp³-hybridized carbons (Fsp3) is 0.533. The minimum Gasteiger partial charge on any atom is -0.497 e. The Balaban J connectivity index is 1.30. The SMILES string of the molecule is COc1cccc(C(O)(C(=O)N2CCC(CC3CCN(c4ccc(C(=O)N(C)C)cc4)CC3)CC2)C(F)(F)F)c1. The molecule has 4 rings (SSSR count). The van der Waals surface area contributed by atoms with Crippen molar-refractivity contribution in [2.75, 3.05) is 52.3 Å². The summed E-state index contributed by atoms with van der Waals surface area (Å²) in [4.78, 5) is 30.3. The molecule has 0 spiro atoms. The van der Waals surface area contributed by atoms with Crippen molar-refractivity contribution in [2.45, 2.75) is 43.9 Å². The average molecular weight is 562 g/mol. The number of carbonyl (C=O) groups is 2. The Morgan fingerprint density at radius 3 is 2.05 bits per heavy atom. The summed E-state index contributed by atoms with van der Waals surface area (Å²) in [6, 6.07) is 12.6. The lowest BCUT2D eigenvalue weighted by Crippen LogP contribution is -2.57. The first-order valence-corrected chi connectivity index (χ1v) is 13.7. The van der Waals surface area contributed by atoms with Gasteiger partial charge in [0.1, 0.15) is 5.75 Å². The molecule has 10 heteroatoms. The zero-order valence-corrected chi connectivity index (χ0v) is 23.3. The van der Waals surface area contributed by atoms with Crippen LogP contribution in [0.5, 0.6) is 5.75 Å². The zero-order valence-electron chi connectivity index (χ0n) is 23.3. The predicted molar refractivity (Wildman–Crippen MR) is 146 cm³/mol. The standard InChI is InChI=1S/C30H38F3N3O4/c1-34(2)27(37)23-7-9-25(10-8-23)35-15-11-21(12-16-35)19-22-13-17-36(18-14-22)28(38)29(39,30(31,32)33)24-5-4-6-26(20-24)40-3/h4-10,20-22,39H,11-19H2,1-3H3. The van der Waals surface area contributed by atoms with E-state index in [0.717, 1.165) is 55.1 Å². The van der Waals surface area contributed by atoms with E-state index in [4.69, 9.17) is 4.74 Å². The number of halogens is 3. The molecule has 0 saturated carbocycles. The second kappa shape index (κ2) is 12.1. The second-order valence-corrected chi connectivity index (χ2v) is 11.1. The van der Waals surface area contributed by atoms with Crippen molar-refractivity contribution < 1.29 is 32.6 Å².